The van der Waals surface area contributed by atoms with Crippen LogP contribution in [0.25, 0.3) is 0 Å². The molecule has 0 radical (unpaired) electrons. The van der Waals surface area contributed by atoms with Crippen LogP contribution in [-0.4, -0.2) is 41.9 Å². The van der Waals surface area contributed by atoms with Crippen molar-refractivity contribution in [3.63, 3.8) is 0 Å². The zero-order valence-electron chi connectivity index (χ0n) is 12.3. The zero-order valence-corrected chi connectivity index (χ0v) is 12.3. The van der Waals surface area contributed by atoms with Gasteiger partial charge in [0.1, 0.15) is 0 Å². The molecular formula is C16H19F3N2O. The van der Waals surface area contributed by atoms with Crippen LogP contribution >= 0.6 is 0 Å². The minimum Gasteiger partial charge on any atom is -0.342 e. The first-order valence-corrected chi connectivity index (χ1v) is 7.61. The van der Waals surface area contributed by atoms with Gasteiger partial charge in [-0.3, -0.25) is 9.69 Å². The lowest BCUT2D eigenvalue weighted by Crippen LogP contribution is -2.53. The van der Waals surface area contributed by atoms with E-state index in [-0.39, 0.29) is 11.8 Å². The molecule has 2 fully saturated rings. The van der Waals surface area contributed by atoms with Crippen LogP contribution in [0.3, 0.4) is 0 Å². The van der Waals surface area contributed by atoms with Crippen molar-refractivity contribution in [2.24, 2.45) is 5.92 Å². The summed E-state index contributed by atoms with van der Waals surface area (Å²) in [6, 6.07) is 5.41. The van der Waals surface area contributed by atoms with E-state index in [0.717, 1.165) is 32.0 Å². The molecule has 3 rings (SSSR count). The first-order valence-electron chi connectivity index (χ1n) is 7.61. The second-order valence-corrected chi connectivity index (χ2v) is 6.12. The van der Waals surface area contributed by atoms with Gasteiger partial charge in [-0.25, -0.2) is 0 Å². The Hall–Kier alpha value is -1.56. The maximum Gasteiger partial charge on any atom is 0.416 e. The third-order valence-electron chi connectivity index (χ3n) is 4.38. The Labute approximate surface area is 127 Å². The molecule has 6 heteroatoms. The maximum atomic E-state index is 12.7. The largest absolute Gasteiger partial charge is 0.416 e. The summed E-state index contributed by atoms with van der Waals surface area (Å²) >= 11 is 0. The number of alkyl halides is 3. The Morgan fingerprint density at radius 3 is 2.50 bits per heavy atom. The Bertz CT molecular complexity index is 547. The van der Waals surface area contributed by atoms with E-state index in [1.165, 1.54) is 12.1 Å². The zero-order chi connectivity index (χ0) is 15.7. The normalized spacial score (nSPS) is 20.2. The summed E-state index contributed by atoms with van der Waals surface area (Å²) < 4.78 is 38.0. The highest BCUT2D eigenvalue weighted by Gasteiger charge is 2.36. The average Bonchev–Trinajstić information content (AvgIpc) is 2.95. The Kier molecular flexibility index (Phi) is 4.12. The number of nitrogens with zero attached hydrogens (tertiary/aromatic N) is 2. The number of rotatable bonds is 3. The van der Waals surface area contributed by atoms with E-state index in [1.807, 2.05) is 9.80 Å². The predicted molar refractivity (Wildman–Crippen MR) is 76.0 cm³/mol. The number of likely N-dealkylation sites (tertiary alicyclic amines) is 2. The van der Waals surface area contributed by atoms with Crippen molar-refractivity contribution in [2.45, 2.75) is 25.6 Å². The second-order valence-electron chi connectivity index (χ2n) is 6.12. The quantitative estimate of drug-likeness (QED) is 0.857. The van der Waals surface area contributed by atoms with Gasteiger partial charge in [0.2, 0.25) is 5.91 Å². The summed E-state index contributed by atoms with van der Waals surface area (Å²) in [4.78, 5) is 16.1. The molecule has 0 unspecified atom stereocenters. The van der Waals surface area contributed by atoms with Crippen molar-refractivity contribution in [3.05, 3.63) is 35.4 Å². The molecule has 1 aromatic rings. The first-order chi connectivity index (χ1) is 10.4. The standard InChI is InChI=1S/C16H19F3N2O/c17-16(18,19)14-5-3-4-12(8-14)9-20-10-13(11-20)15(22)21-6-1-2-7-21/h3-5,8,13H,1-2,6-7,9-11H2. The van der Waals surface area contributed by atoms with Gasteiger partial charge >= 0.3 is 6.18 Å². The van der Waals surface area contributed by atoms with Gasteiger partial charge in [-0.1, -0.05) is 18.2 Å². The number of hydrogen-bond acceptors (Lipinski definition) is 2. The van der Waals surface area contributed by atoms with Crippen LogP contribution in [0.1, 0.15) is 24.0 Å². The van der Waals surface area contributed by atoms with E-state index >= 15 is 0 Å². The number of hydrogen-bond donors (Lipinski definition) is 0. The molecule has 120 valence electrons. The SMILES string of the molecule is O=C(C1CN(Cc2cccc(C(F)(F)F)c2)C1)N1CCCC1. The van der Waals surface area contributed by atoms with Gasteiger partial charge in [0.25, 0.3) is 0 Å². The fourth-order valence-corrected chi connectivity index (χ4v) is 3.16. The number of halogens is 3. The molecule has 0 N–H and O–H groups in total. The minimum atomic E-state index is -4.31. The molecule has 0 saturated carbocycles. The highest BCUT2D eigenvalue weighted by molar-refractivity contribution is 5.80. The smallest absolute Gasteiger partial charge is 0.342 e. The van der Waals surface area contributed by atoms with Gasteiger partial charge in [0.05, 0.1) is 11.5 Å². The molecule has 0 aliphatic carbocycles. The highest BCUT2D eigenvalue weighted by Crippen LogP contribution is 2.30. The molecule has 2 saturated heterocycles. The Morgan fingerprint density at radius 1 is 1.18 bits per heavy atom. The van der Waals surface area contributed by atoms with Crippen molar-refractivity contribution < 1.29 is 18.0 Å². The average molecular weight is 312 g/mol. The lowest BCUT2D eigenvalue weighted by molar-refractivity contribution is -0.140. The van der Waals surface area contributed by atoms with Gasteiger partial charge in [-0.15, -0.1) is 0 Å². The summed E-state index contributed by atoms with van der Waals surface area (Å²) in [6.45, 7) is 3.46. The van der Waals surface area contributed by atoms with E-state index in [4.69, 9.17) is 0 Å². The molecule has 0 spiro atoms. The van der Waals surface area contributed by atoms with Crippen molar-refractivity contribution >= 4 is 5.91 Å². The van der Waals surface area contributed by atoms with Crippen LogP contribution in [0, 0.1) is 5.92 Å². The fraction of sp³-hybridized carbons (Fsp3) is 0.562. The number of amides is 1. The lowest BCUT2D eigenvalue weighted by Gasteiger charge is -2.40. The molecule has 2 aliphatic rings. The molecule has 0 bridgehead atoms. The second kappa shape index (κ2) is 5.91. The maximum absolute atomic E-state index is 12.7. The van der Waals surface area contributed by atoms with Crippen LogP contribution < -0.4 is 0 Å². The van der Waals surface area contributed by atoms with E-state index in [0.29, 0.717) is 25.2 Å². The topological polar surface area (TPSA) is 23.6 Å². The van der Waals surface area contributed by atoms with E-state index in [2.05, 4.69) is 0 Å². The molecule has 2 heterocycles. The third kappa shape index (κ3) is 3.27. The molecule has 2 aliphatic heterocycles. The summed E-state index contributed by atoms with van der Waals surface area (Å²) in [7, 11) is 0. The molecule has 1 aromatic carbocycles. The van der Waals surface area contributed by atoms with Gasteiger partial charge in [0, 0.05) is 32.7 Å². The van der Waals surface area contributed by atoms with Crippen LogP contribution in [0.5, 0.6) is 0 Å². The number of carbonyl (C=O) groups is 1. The van der Waals surface area contributed by atoms with Crippen LogP contribution in [0.15, 0.2) is 24.3 Å². The van der Waals surface area contributed by atoms with E-state index in [9.17, 15) is 18.0 Å². The van der Waals surface area contributed by atoms with Crippen molar-refractivity contribution in [1.82, 2.24) is 9.80 Å². The van der Waals surface area contributed by atoms with Gasteiger partial charge in [0.15, 0.2) is 0 Å². The number of benzene rings is 1. The third-order valence-corrected chi connectivity index (χ3v) is 4.38. The molecule has 1 amide bonds. The highest BCUT2D eigenvalue weighted by atomic mass is 19.4. The van der Waals surface area contributed by atoms with Crippen LogP contribution in [0.4, 0.5) is 13.2 Å². The van der Waals surface area contributed by atoms with Crippen molar-refractivity contribution in [2.75, 3.05) is 26.2 Å². The molecule has 3 nitrogen and oxygen atoms in total. The summed E-state index contributed by atoms with van der Waals surface area (Å²) in [5, 5.41) is 0. The first kappa shape index (κ1) is 15.3. The monoisotopic (exact) mass is 312 g/mol. The van der Waals surface area contributed by atoms with E-state index in [1.54, 1.807) is 6.07 Å². The summed E-state index contributed by atoms with van der Waals surface area (Å²) in [6.07, 6.45) is -2.15. The van der Waals surface area contributed by atoms with E-state index < -0.39 is 11.7 Å². The molecule has 22 heavy (non-hydrogen) atoms. The summed E-state index contributed by atoms with van der Waals surface area (Å²) in [5.74, 6) is 0.224. The van der Waals surface area contributed by atoms with Crippen molar-refractivity contribution in [3.8, 4) is 0 Å². The predicted octanol–water partition coefficient (Wildman–Crippen LogP) is 2.76. The summed E-state index contributed by atoms with van der Waals surface area (Å²) in [5.41, 5.74) is 0.0251. The fourth-order valence-electron chi connectivity index (χ4n) is 3.16. The van der Waals surface area contributed by atoms with Gasteiger partial charge in [-0.2, -0.15) is 13.2 Å². The van der Waals surface area contributed by atoms with Gasteiger partial charge < -0.3 is 4.90 Å². The Morgan fingerprint density at radius 2 is 1.86 bits per heavy atom. The molecular weight excluding hydrogens is 293 g/mol. The van der Waals surface area contributed by atoms with Crippen molar-refractivity contribution in [1.29, 1.82) is 0 Å². The van der Waals surface area contributed by atoms with Crippen LogP contribution in [-0.2, 0) is 17.5 Å². The van der Waals surface area contributed by atoms with Crippen LogP contribution in [0.2, 0.25) is 0 Å². The number of carbonyl (C=O) groups excluding carboxylic acids is 1. The Balaban J connectivity index is 1.53. The minimum absolute atomic E-state index is 0.0175. The lowest BCUT2D eigenvalue weighted by atomic mass is 9.97. The molecule has 0 atom stereocenters. The molecule has 0 aromatic heterocycles. The van der Waals surface area contributed by atoms with Gasteiger partial charge in [-0.05, 0) is 24.5 Å².